The third-order valence-electron chi connectivity index (χ3n) is 5.01. The summed E-state index contributed by atoms with van der Waals surface area (Å²) < 4.78 is 11.2. The van der Waals surface area contributed by atoms with Crippen molar-refractivity contribution in [3.05, 3.63) is 0 Å². The van der Waals surface area contributed by atoms with Crippen LogP contribution in [0, 0.1) is 5.92 Å². The quantitative estimate of drug-likeness (QED) is 0.306. The molecule has 158 valence electrons. The molecule has 0 aromatic heterocycles. The zero-order chi connectivity index (χ0) is 18.8. The first kappa shape index (κ1) is 24.4. The summed E-state index contributed by atoms with van der Waals surface area (Å²) >= 11 is 0. The molecule has 0 radical (unpaired) electrons. The summed E-state index contributed by atoms with van der Waals surface area (Å²) in [7, 11) is 3.50. The number of likely N-dealkylation sites (N-methyl/N-ethyl adjacent to an activating group) is 1. The molecule has 0 aromatic carbocycles. The number of carbonyl (C=O) groups is 1. The van der Waals surface area contributed by atoms with Gasteiger partial charge in [0.05, 0.1) is 19.3 Å². The highest BCUT2D eigenvalue weighted by molar-refractivity contribution is 14.0. The van der Waals surface area contributed by atoms with Crippen molar-refractivity contribution >= 4 is 35.8 Å². The van der Waals surface area contributed by atoms with Gasteiger partial charge in [-0.05, 0) is 32.1 Å². The lowest BCUT2D eigenvalue weighted by Gasteiger charge is -2.25. The van der Waals surface area contributed by atoms with Crippen LogP contribution < -0.4 is 10.6 Å². The van der Waals surface area contributed by atoms with Crippen molar-refractivity contribution in [1.82, 2.24) is 15.5 Å². The van der Waals surface area contributed by atoms with E-state index in [1.807, 2.05) is 0 Å². The number of nitrogens with zero attached hydrogens (tertiary/aromatic N) is 2. The van der Waals surface area contributed by atoms with Gasteiger partial charge in [0.2, 0.25) is 5.91 Å². The predicted molar refractivity (Wildman–Crippen MR) is 119 cm³/mol. The number of nitrogens with one attached hydrogen (secondary N) is 2. The highest BCUT2D eigenvalue weighted by atomic mass is 127. The maximum Gasteiger partial charge on any atom is 0.243 e. The van der Waals surface area contributed by atoms with Crippen molar-refractivity contribution in [2.45, 2.75) is 57.6 Å². The van der Waals surface area contributed by atoms with E-state index in [0.717, 1.165) is 19.6 Å². The Kier molecular flexibility index (Phi) is 12.3. The van der Waals surface area contributed by atoms with Crippen LogP contribution in [0.5, 0.6) is 0 Å². The molecule has 1 amide bonds. The first-order valence-electron chi connectivity index (χ1n) is 9.99. The number of halogens is 1. The average molecular weight is 496 g/mol. The van der Waals surface area contributed by atoms with E-state index in [0.29, 0.717) is 25.1 Å². The van der Waals surface area contributed by atoms with Crippen molar-refractivity contribution in [3.63, 3.8) is 0 Å². The molecule has 2 fully saturated rings. The van der Waals surface area contributed by atoms with Gasteiger partial charge in [-0.25, -0.2) is 4.99 Å². The Labute approximate surface area is 181 Å². The number of hydrogen-bond donors (Lipinski definition) is 2. The summed E-state index contributed by atoms with van der Waals surface area (Å²) in [6.45, 7) is 5.20. The molecule has 2 aliphatic rings. The average Bonchev–Trinajstić information content (AvgIpc) is 3.16. The standard InChI is InChI=1S/C19H36N4O3.HI/c1-15(13-26-17-9-10-25-14-17)22-19(21-12-18(24)23(2)3)20-11-16-7-5-4-6-8-16;/h15-17H,4-14H2,1-3H3,(H2,20,21,22);1H. The summed E-state index contributed by atoms with van der Waals surface area (Å²) in [5.41, 5.74) is 0. The van der Waals surface area contributed by atoms with E-state index in [1.54, 1.807) is 19.0 Å². The van der Waals surface area contributed by atoms with Crippen molar-refractivity contribution in [2.75, 3.05) is 47.0 Å². The van der Waals surface area contributed by atoms with E-state index in [2.05, 4.69) is 22.5 Å². The van der Waals surface area contributed by atoms with Crippen LogP contribution in [0.3, 0.4) is 0 Å². The number of rotatable bonds is 8. The number of amides is 1. The van der Waals surface area contributed by atoms with Crippen LogP contribution in [0.25, 0.3) is 0 Å². The molecule has 1 aliphatic carbocycles. The highest BCUT2D eigenvalue weighted by Crippen LogP contribution is 2.22. The lowest BCUT2D eigenvalue weighted by Crippen LogP contribution is -2.46. The van der Waals surface area contributed by atoms with Crippen molar-refractivity contribution in [1.29, 1.82) is 0 Å². The third-order valence-corrected chi connectivity index (χ3v) is 5.01. The van der Waals surface area contributed by atoms with Crippen LogP contribution >= 0.6 is 24.0 Å². The molecule has 2 unspecified atom stereocenters. The van der Waals surface area contributed by atoms with E-state index in [4.69, 9.17) is 9.47 Å². The topological polar surface area (TPSA) is 75.2 Å². The fraction of sp³-hybridized carbons (Fsp3) is 0.895. The molecule has 0 bridgehead atoms. The number of aliphatic imine (C=N–C) groups is 1. The monoisotopic (exact) mass is 496 g/mol. The van der Waals surface area contributed by atoms with E-state index in [1.165, 1.54) is 32.1 Å². The minimum absolute atomic E-state index is 0. The van der Waals surface area contributed by atoms with Crippen LogP contribution in [0.2, 0.25) is 0 Å². The number of carbonyl (C=O) groups excluding carboxylic acids is 1. The van der Waals surface area contributed by atoms with Gasteiger partial charge in [0.25, 0.3) is 0 Å². The molecule has 1 aliphatic heterocycles. The van der Waals surface area contributed by atoms with Crippen LogP contribution in [-0.2, 0) is 14.3 Å². The normalized spacial score (nSPS) is 22.0. The summed E-state index contributed by atoms with van der Waals surface area (Å²) in [5, 5.41) is 6.81. The fourth-order valence-corrected chi connectivity index (χ4v) is 3.27. The van der Waals surface area contributed by atoms with Gasteiger partial charge in [0, 0.05) is 33.3 Å². The predicted octanol–water partition coefficient (Wildman–Crippen LogP) is 2.00. The third kappa shape index (κ3) is 9.94. The molecule has 27 heavy (non-hydrogen) atoms. The maximum absolute atomic E-state index is 11.9. The number of ether oxygens (including phenoxy) is 2. The molecule has 2 rings (SSSR count). The molecule has 7 nitrogen and oxygen atoms in total. The molecular formula is C19H37IN4O3. The van der Waals surface area contributed by atoms with Gasteiger partial charge >= 0.3 is 0 Å². The van der Waals surface area contributed by atoms with Gasteiger partial charge in [-0.3, -0.25) is 4.79 Å². The lowest BCUT2D eigenvalue weighted by molar-refractivity contribution is -0.127. The minimum Gasteiger partial charge on any atom is -0.379 e. The molecule has 0 aromatic rings. The van der Waals surface area contributed by atoms with E-state index >= 15 is 0 Å². The van der Waals surface area contributed by atoms with Crippen LogP contribution in [0.15, 0.2) is 4.99 Å². The van der Waals surface area contributed by atoms with Crippen LogP contribution in [0.1, 0.15) is 45.4 Å². The van der Waals surface area contributed by atoms with Crippen LogP contribution in [-0.4, -0.2) is 75.9 Å². The lowest BCUT2D eigenvalue weighted by atomic mass is 9.89. The van der Waals surface area contributed by atoms with Gasteiger partial charge in [-0.2, -0.15) is 0 Å². The fourth-order valence-electron chi connectivity index (χ4n) is 3.27. The Morgan fingerprint density at radius 2 is 2.00 bits per heavy atom. The Morgan fingerprint density at radius 1 is 1.26 bits per heavy atom. The van der Waals surface area contributed by atoms with Gasteiger partial charge in [0.1, 0.15) is 6.54 Å². The van der Waals surface area contributed by atoms with E-state index in [-0.39, 0.29) is 48.6 Å². The van der Waals surface area contributed by atoms with Crippen LogP contribution in [0.4, 0.5) is 0 Å². The molecule has 8 heteroatoms. The Balaban J connectivity index is 0.00000364. The smallest absolute Gasteiger partial charge is 0.243 e. The maximum atomic E-state index is 11.9. The van der Waals surface area contributed by atoms with Crippen molar-refractivity contribution < 1.29 is 14.3 Å². The molecule has 2 atom stereocenters. The number of guanidine groups is 1. The summed E-state index contributed by atoms with van der Waals surface area (Å²) in [6, 6.07) is 0.114. The van der Waals surface area contributed by atoms with Gasteiger partial charge in [-0.1, -0.05) is 19.3 Å². The first-order valence-corrected chi connectivity index (χ1v) is 9.99. The Morgan fingerprint density at radius 3 is 2.63 bits per heavy atom. The minimum atomic E-state index is -0.00391. The molecule has 1 heterocycles. The Bertz CT molecular complexity index is 450. The van der Waals surface area contributed by atoms with E-state index in [9.17, 15) is 4.79 Å². The van der Waals surface area contributed by atoms with Gasteiger partial charge in [-0.15, -0.1) is 24.0 Å². The second-order valence-electron chi connectivity index (χ2n) is 7.70. The zero-order valence-corrected chi connectivity index (χ0v) is 19.4. The summed E-state index contributed by atoms with van der Waals surface area (Å²) in [5.74, 6) is 1.39. The molecule has 1 saturated heterocycles. The van der Waals surface area contributed by atoms with Gasteiger partial charge in [0.15, 0.2) is 5.96 Å². The second-order valence-corrected chi connectivity index (χ2v) is 7.70. The summed E-state index contributed by atoms with van der Waals surface area (Å²) in [4.78, 5) is 17.9. The molecule has 2 N–H and O–H groups in total. The second kappa shape index (κ2) is 13.5. The largest absolute Gasteiger partial charge is 0.379 e. The Hall–Kier alpha value is -0.610. The number of hydrogen-bond acceptors (Lipinski definition) is 4. The first-order chi connectivity index (χ1) is 12.5. The molecule has 1 saturated carbocycles. The van der Waals surface area contributed by atoms with Gasteiger partial charge < -0.3 is 25.0 Å². The SMILES string of the molecule is CC(COC1CCOC1)NC(=NCC(=O)N(C)C)NCC1CCCCC1.I. The van der Waals surface area contributed by atoms with Crippen molar-refractivity contribution in [2.24, 2.45) is 10.9 Å². The highest BCUT2D eigenvalue weighted by Gasteiger charge is 2.18. The summed E-state index contributed by atoms with van der Waals surface area (Å²) in [6.07, 6.45) is 7.70. The van der Waals surface area contributed by atoms with Crippen molar-refractivity contribution in [3.8, 4) is 0 Å². The molecule has 0 spiro atoms. The molecular weight excluding hydrogens is 459 g/mol. The van der Waals surface area contributed by atoms with E-state index < -0.39 is 0 Å². The zero-order valence-electron chi connectivity index (χ0n) is 17.0.